The van der Waals surface area contributed by atoms with Crippen molar-refractivity contribution in [1.29, 1.82) is 0 Å². The van der Waals surface area contributed by atoms with E-state index in [9.17, 15) is 9.59 Å². The first kappa shape index (κ1) is 9.45. The summed E-state index contributed by atoms with van der Waals surface area (Å²) in [6.45, 7) is 1.38. The van der Waals surface area contributed by atoms with E-state index in [0.29, 0.717) is 17.3 Å². The second-order valence-corrected chi connectivity index (χ2v) is 3.09. The van der Waals surface area contributed by atoms with Crippen LogP contribution in [-0.4, -0.2) is 23.4 Å². The van der Waals surface area contributed by atoms with E-state index in [1.165, 1.54) is 13.1 Å². The van der Waals surface area contributed by atoms with Crippen LogP contribution < -0.4 is 15.4 Å². The molecule has 0 saturated heterocycles. The number of rotatable bonds is 1. The number of pyridine rings is 1. The van der Waals surface area contributed by atoms with Crippen molar-refractivity contribution in [3.8, 4) is 5.75 Å². The van der Waals surface area contributed by atoms with Crippen LogP contribution in [0.3, 0.4) is 0 Å². The predicted octanol–water partition coefficient (Wildman–Crippen LogP) is 0.371. The topological polar surface area (TPSA) is 80.3 Å². The normalized spacial score (nSPS) is 13.5. The van der Waals surface area contributed by atoms with Gasteiger partial charge in [-0.1, -0.05) is 0 Å². The van der Waals surface area contributed by atoms with Crippen molar-refractivity contribution in [2.24, 2.45) is 0 Å². The van der Waals surface area contributed by atoms with Gasteiger partial charge in [0.05, 0.1) is 11.9 Å². The van der Waals surface area contributed by atoms with Gasteiger partial charge in [-0.15, -0.1) is 0 Å². The average Bonchev–Trinajstić information content (AvgIpc) is 2.17. The van der Waals surface area contributed by atoms with E-state index in [1.807, 2.05) is 0 Å². The summed E-state index contributed by atoms with van der Waals surface area (Å²) in [7, 11) is 0. The van der Waals surface area contributed by atoms with E-state index >= 15 is 0 Å². The summed E-state index contributed by atoms with van der Waals surface area (Å²) in [5.41, 5.74) is 0.539. The number of nitrogens with one attached hydrogen (secondary N) is 2. The molecule has 0 atom stereocenters. The maximum absolute atomic E-state index is 10.9. The fourth-order valence-corrected chi connectivity index (χ4v) is 1.23. The largest absolute Gasteiger partial charge is 0.480 e. The van der Waals surface area contributed by atoms with Crippen molar-refractivity contribution in [3.05, 3.63) is 12.3 Å². The molecule has 6 nitrogen and oxygen atoms in total. The zero-order valence-corrected chi connectivity index (χ0v) is 8.03. The molecule has 15 heavy (non-hydrogen) atoms. The Bertz CT molecular complexity index is 431. The van der Waals surface area contributed by atoms with Gasteiger partial charge in [0.1, 0.15) is 0 Å². The summed E-state index contributed by atoms with van der Waals surface area (Å²) >= 11 is 0. The number of nitrogens with zero attached hydrogens (tertiary/aromatic N) is 1. The highest BCUT2D eigenvalue weighted by Crippen LogP contribution is 2.27. The number of anilines is 2. The fourth-order valence-electron chi connectivity index (χ4n) is 1.23. The molecule has 1 aliphatic heterocycles. The molecule has 1 aliphatic rings. The van der Waals surface area contributed by atoms with Gasteiger partial charge in [0.2, 0.25) is 5.91 Å². The van der Waals surface area contributed by atoms with Crippen molar-refractivity contribution in [2.75, 3.05) is 17.2 Å². The molecule has 0 aromatic carbocycles. The van der Waals surface area contributed by atoms with Crippen molar-refractivity contribution >= 4 is 23.3 Å². The SMILES string of the molecule is CC(=O)Nc1cnc2c(c1)OCC(=O)N2. The van der Waals surface area contributed by atoms with Crippen LogP contribution in [0.25, 0.3) is 0 Å². The van der Waals surface area contributed by atoms with Gasteiger partial charge < -0.3 is 15.4 Å². The number of hydrogen-bond acceptors (Lipinski definition) is 4. The molecule has 1 aromatic heterocycles. The first-order valence-corrected chi connectivity index (χ1v) is 4.35. The second-order valence-electron chi connectivity index (χ2n) is 3.09. The highest BCUT2D eigenvalue weighted by atomic mass is 16.5. The second kappa shape index (κ2) is 3.56. The van der Waals surface area contributed by atoms with Crippen LogP contribution in [-0.2, 0) is 9.59 Å². The van der Waals surface area contributed by atoms with E-state index in [1.54, 1.807) is 6.07 Å². The zero-order chi connectivity index (χ0) is 10.8. The highest BCUT2D eigenvalue weighted by molar-refractivity contribution is 5.95. The molecule has 1 aromatic rings. The number of carbonyl (C=O) groups is 2. The Labute approximate surface area is 85.6 Å². The standard InChI is InChI=1S/C9H9N3O3/c1-5(13)11-6-2-7-9(10-3-6)12-8(14)4-15-7/h2-3H,4H2,1H3,(H,11,13)(H,10,12,14). The Kier molecular flexibility index (Phi) is 2.24. The molecule has 0 fully saturated rings. The lowest BCUT2D eigenvalue weighted by atomic mass is 10.3. The third-order valence-electron chi connectivity index (χ3n) is 1.79. The Morgan fingerprint density at radius 1 is 1.67 bits per heavy atom. The Balaban J connectivity index is 2.26. The van der Waals surface area contributed by atoms with E-state index in [2.05, 4.69) is 15.6 Å². The van der Waals surface area contributed by atoms with Gasteiger partial charge in [0, 0.05) is 13.0 Å². The molecule has 0 bridgehead atoms. The summed E-state index contributed by atoms with van der Waals surface area (Å²) in [6, 6.07) is 1.61. The van der Waals surface area contributed by atoms with Crippen molar-refractivity contribution in [1.82, 2.24) is 4.98 Å². The average molecular weight is 207 g/mol. The summed E-state index contributed by atoms with van der Waals surface area (Å²) in [5, 5.41) is 5.12. The lowest BCUT2D eigenvalue weighted by Crippen LogP contribution is -2.26. The number of fused-ring (bicyclic) bond motifs is 1. The smallest absolute Gasteiger partial charge is 0.263 e. The van der Waals surface area contributed by atoms with Crippen molar-refractivity contribution in [2.45, 2.75) is 6.92 Å². The molecule has 2 amide bonds. The van der Waals surface area contributed by atoms with Gasteiger partial charge in [-0.25, -0.2) is 4.98 Å². The molecular formula is C9H9N3O3. The molecule has 0 saturated carbocycles. The van der Waals surface area contributed by atoms with Crippen molar-refractivity contribution < 1.29 is 14.3 Å². The minimum absolute atomic E-state index is 0.0296. The van der Waals surface area contributed by atoms with Crippen LogP contribution in [0, 0.1) is 0 Å². The fraction of sp³-hybridized carbons (Fsp3) is 0.222. The molecule has 78 valence electrons. The van der Waals surface area contributed by atoms with Gasteiger partial charge in [-0.05, 0) is 0 Å². The Morgan fingerprint density at radius 3 is 3.20 bits per heavy atom. The molecule has 2 N–H and O–H groups in total. The van der Waals surface area contributed by atoms with E-state index < -0.39 is 0 Å². The van der Waals surface area contributed by atoms with Crippen LogP contribution in [0.1, 0.15) is 6.92 Å². The van der Waals surface area contributed by atoms with Gasteiger partial charge in [-0.3, -0.25) is 9.59 Å². The summed E-state index contributed by atoms with van der Waals surface area (Å²) in [5.74, 6) is 0.417. The Hall–Kier alpha value is -2.11. The molecule has 2 rings (SSSR count). The first-order chi connectivity index (χ1) is 7.15. The zero-order valence-electron chi connectivity index (χ0n) is 8.03. The summed E-state index contributed by atoms with van der Waals surface area (Å²) in [4.78, 5) is 25.7. The predicted molar refractivity (Wildman–Crippen MR) is 52.7 cm³/mol. The van der Waals surface area contributed by atoms with Gasteiger partial charge in [0.15, 0.2) is 18.2 Å². The molecule has 6 heteroatoms. The number of hydrogen-bond donors (Lipinski definition) is 2. The maximum atomic E-state index is 10.9. The number of carbonyl (C=O) groups excluding carboxylic acids is 2. The highest BCUT2D eigenvalue weighted by Gasteiger charge is 2.17. The third kappa shape index (κ3) is 2.04. The molecule has 0 spiro atoms. The maximum Gasteiger partial charge on any atom is 0.263 e. The van der Waals surface area contributed by atoms with Gasteiger partial charge in [-0.2, -0.15) is 0 Å². The monoisotopic (exact) mass is 207 g/mol. The Morgan fingerprint density at radius 2 is 2.47 bits per heavy atom. The summed E-state index contributed by atoms with van der Waals surface area (Å²) in [6.07, 6.45) is 1.45. The first-order valence-electron chi connectivity index (χ1n) is 4.35. The van der Waals surface area contributed by atoms with Gasteiger partial charge >= 0.3 is 0 Å². The minimum Gasteiger partial charge on any atom is -0.480 e. The molecular weight excluding hydrogens is 198 g/mol. The third-order valence-corrected chi connectivity index (χ3v) is 1.79. The molecule has 2 heterocycles. The molecule has 0 radical (unpaired) electrons. The minimum atomic E-state index is -0.234. The lowest BCUT2D eigenvalue weighted by molar-refractivity contribution is -0.118. The van der Waals surface area contributed by atoms with E-state index in [0.717, 1.165) is 0 Å². The molecule has 0 aliphatic carbocycles. The van der Waals surface area contributed by atoms with Crippen molar-refractivity contribution in [3.63, 3.8) is 0 Å². The quantitative estimate of drug-likeness (QED) is 0.697. The number of ether oxygens (including phenoxy) is 1. The van der Waals surface area contributed by atoms with Crippen LogP contribution in [0.15, 0.2) is 12.3 Å². The summed E-state index contributed by atoms with van der Waals surface area (Å²) < 4.78 is 5.13. The molecule has 0 unspecified atom stereocenters. The van der Waals surface area contributed by atoms with Crippen LogP contribution in [0.4, 0.5) is 11.5 Å². The van der Waals surface area contributed by atoms with Crippen LogP contribution in [0.2, 0.25) is 0 Å². The lowest BCUT2D eigenvalue weighted by Gasteiger charge is -2.17. The van der Waals surface area contributed by atoms with E-state index in [-0.39, 0.29) is 18.4 Å². The van der Waals surface area contributed by atoms with E-state index in [4.69, 9.17) is 4.74 Å². The van der Waals surface area contributed by atoms with Crippen LogP contribution in [0.5, 0.6) is 5.75 Å². The van der Waals surface area contributed by atoms with Crippen LogP contribution >= 0.6 is 0 Å². The number of aromatic nitrogens is 1. The van der Waals surface area contributed by atoms with Gasteiger partial charge in [0.25, 0.3) is 5.91 Å². The number of amides is 2.